The highest BCUT2D eigenvalue weighted by atomic mass is 15.4. The molecule has 0 radical (unpaired) electrons. The predicted octanol–water partition coefficient (Wildman–Crippen LogP) is 0.433. The van der Waals surface area contributed by atoms with E-state index < -0.39 is 0 Å². The SMILES string of the molecule is CNc1cccnc1N(C)N. The molecule has 3 N–H and O–H groups in total. The van der Waals surface area contributed by atoms with Gasteiger partial charge in [0.25, 0.3) is 0 Å². The number of nitrogens with two attached hydrogens (primary N) is 1. The molecule has 1 heterocycles. The number of hydrogen-bond donors (Lipinski definition) is 2. The molecule has 0 aliphatic rings. The summed E-state index contributed by atoms with van der Waals surface area (Å²) in [6.45, 7) is 0. The standard InChI is InChI=1S/C7H12N4/c1-9-6-4-3-5-10-7(6)11(2)8/h3-5,9H,8H2,1-2H3. The molecule has 4 nitrogen and oxygen atoms in total. The molecule has 0 bridgehead atoms. The van der Waals surface area contributed by atoms with E-state index in [-0.39, 0.29) is 0 Å². The minimum atomic E-state index is 0.745. The topological polar surface area (TPSA) is 54.2 Å². The summed E-state index contributed by atoms with van der Waals surface area (Å²) in [7, 11) is 3.59. The van der Waals surface area contributed by atoms with Crippen LogP contribution in [0.25, 0.3) is 0 Å². The summed E-state index contributed by atoms with van der Waals surface area (Å²) < 4.78 is 0. The lowest BCUT2D eigenvalue weighted by Gasteiger charge is -2.14. The highest BCUT2D eigenvalue weighted by molar-refractivity contribution is 5.63. The number of pyridine rings is 1. The molecule has 0 aromatic carbocycles. The molecule has 0 spiro atoms. The third kappa shape index (κ3) is 1.59. The summed E-state index contributed by atoms with van der Waals surface area (Å²) in [5, 5.41) is 4.47. The van der Waals surface area contributed by atoms with Crippen molar-refractivity contribution in [2.45, 2.75) is 0 Å². The lowest BCUT2D eigenvalue weighted by Crippen LogP contribution is -2.26. The van der Waals surface area contributed by atoms with Crippen LogP contribution in [0.2, 0.25) is 0 Å². The summed E-state index contributed by atoms with van der Waals surface area (Å²) in [4.78, 5) is 4.09. The molecule has 0 fully saturated rings. The van der Waals surface area contributed by atoms with Crippen LogP contribution in [0.1, 0.15) is 0 Å². The van der Waals surface area contributed by atoms with Gasteiger partial charge >= 0.3 is 0 Å². The van der Waals surface area contributed by atoms with Gasteiger partial charge in [0.2, 0.25) is 0 Å². The second kappa shape index (κ2) is 3.21. The van der Waals surface area contributed by atoms with Crippen molar-refractivity contribution in [1.82, 2.24) is 4.98 Å². The predicted molar refractivity (Wildman–Crippen MR) is 46.4 cm³/mol. The van der Waals surface area contributed by atoms with Crippen molar-refractivity contribution in [3.8, 4) is 0 Å². The highest BCUT2D eigenvalue weighted by Gasteiger charge is 2.01. The molecular formula is C7H12N4. The van der Waals surface area contributed by atoms with E-state index in [0.29, 0.717) is 0 Å². The van der Waals surface area contributed by atoms with E-state index in [4.69, 9.17) is 5.84 Å². The summed E-state index contributed by atoms with van der Waals surface area (Å²) in [6, 6.07) is 3.78. The van der Waals surface area contributed by atoms with Crippen LogP contribution < -0.4 is 16.2 Å². The Kier molecular flexibility index (Phi) is 2.28. The minimum Gasteiger partial charge on any atom is -0.385 e. The molecule has 1 aromatic rings. The lowest BCUT2D eigenvalue weighted by atomic mass is 10.4. The van der Waals surface area contributed by atoms with Gasteiger partial charge < -0.3 is 5.32 Å². The van der Waals surface area contributed by atoms with E-state index >= 15 is 0 Å². The number of hydrogen-bond acceptors (Lipinski definition) is 4. The molecule has 4 heteroatoms. The maximum Gasteiger partial charge on any atom is 0.165 e. The molecule has 0 atom stereocenters. The van der Waals surface area contributed by atoms with Gasteiger partial charge in [0.05, 0.1) is 5.69 Å². The number of nitrogens with zero attached hydrogens (tertiary/aromatic N) is 2. The van der Waals surface area contributed by atoms with Gasteiger partial charge in [-0.25, -0.2) is 10.8 Å². The molecule has 0 aliphatic heterocycles. The van der Waals surface area contributed by atoms with Crippen molar-refractivity contribution in [1.29, 1.82) is 0 Å². The van der Waals surface area contributed by atoms with Crippen LogP contribution in [-0.4, -0.2) is 19.1 Å². The quantitative estimate of drug-likeness (QED) is 0.476. The number of rotatable bonds is 2. The van der Waals surface area contributed by atoms with Gasteiger partial charge in [-0.3, -0.25) is 5.01 Å². The Morgan fingerprint density at radius 1 is 1.64 bits per heavy atom. The Morgan fingerprint density at radius 3 is 2.82 bits per heavy atom. The Hall–Kier alpha value is -1.29. The zero-order valence-corrected chi connectivity index (χ0v) is 6.70. The minimum absolute atomic E-state index is 0.745. The molecule has 0 saturated carbocycles. The largest absolute Gasteiger partial charge is 0.385 e. The van der Waals surface area contributed by atoms with Crippen molar-refractivity contribution >= 4 is 11.5 Å². The molecule has 0 aliphatic carbocycles. The average molecular weight is 152 g/mol. The third-order valence-corrected chi connectivity index (χ3v) is 1.39. The van der Waals surface area contributed by atoms with Crippen LogP contribution in [0.5, 0.6) is 0 Å². The van der Waals surface area contributed by atoms with Crippen molar-refractivity contribution in [2.75, 3.05) is 24.4 Å². The first-order valence-electron chi connectivity index (χ1n) is 3.37. The van der Waals surface area contributed by atoms with Crippen molar-refractivity contribution in [3.63, 3.8) is 0 Å². The lowest BCUT2D eigenvalue weighted by molar-refractivity contribution is 0.978. The molecule has 0 saturated heterocycles. The van der Waals surface area contributed by atoms with Gasteiger partial charge in [-0.1, -0.05) is 0 Å². The van der Waals surface area contributed by atoms with Crippen LogP contribution in [-0.2, 0) is 0 Å². The van der Waals surface area contributed by atoms with Gasteiger partial charge in [-0.15, -0.1) is 0 Å². The molecule has 0 amide bonds. The smallest absolute Gasteiger partial charge is 0.165 e. The summed E-state index contributed by atoms with van der Waals surface area (Å²) >= 11 is 0. The van der Waals surface area contributed by atoms with E-state index in [2.05, 4.69) is 10.3 Å². The first-order chi connectivity index (χ1) is 5.25. The van der Waals surface area contributed by atoms with E-state index in [1.165, 1.54) is 5.01 Å². The van der Waals surface area contributed by atoms with Crippen LogP contribution in [0, 0.1) is 0 Å². The molecular weight excluding hydrogens is 140 g/mol. The fraction of sp³-hybridized carbons (Fsp3) is 0.286. The molecule has 0 unspecified atom stereocenters. The summed E-state index contributed by atoms with van der Waals surface area (Å²) in [5.74, 6) is 6.27. The van der Waals surface area contributed by atoms with Gasteiger partial charge in [0.15, 0.2) is 5.82 Å². The maximum atomic E-state index is 5.52. The van der Waals surface area contributed by atoms with E-state index in [1.807, 2.05) is 19.2 Å². The molecule has 60 valence electrons. The number of aromatic nitrogens is 1. The Morgan fingerprint density at radius 2 is 2.36 bits per heavy atom. The van der Waals surface area contributed by atoms with Crippen molar-refractivity contribution in [3.05, 3.63) is 18.3 Å². The second-order valence-corrected chi connectivity index (χ2v) is 2.24. The van der Waals surface area contributed by atoms with Crippen molar-refractivity contribution in [2.24, 2.45) is 5.84 Å². The number of nitrogens with one attached hydrogen (secondary N) is 1. The fourth-order valence-corrected chi connectivity index (χ4v) is 0.873. The number of hydrazine groups is 1. The monoisotopic (exact) mass is 152 g/mol. The van der Waals surface area contributed by atoms with Crippen LogP contribution in [0.4, 0.5) is 11.5 Å². The van der Waals surface area contributed by atoms with E-state index in [0.717, 1.165) is 11.5 Å². The van der Waals surface area contributed by atoms with E-state index in [1.54, 1.807) is 13.2 Å². The number of anilines is 2. The van der Waals surface area contributed by atoms with Gasteiger partial charge in [-0.05, 0) is 12.1 Å². The molecule has 1 rings (SSSR count). The Labute approximate surface area is 66.0 Å². The molecule has 1 aromatic heterocycles. The van der Waals surface area contributed by atoms with Crippen LogP contribution >= 0.6 is 0 Å². The summed E-state index contributed by atoms with van der Waals surface area (Å²) in [6.07, 6.45) is 1.71. The average Bonchev–Trinajstić information content (AvgIpc) is 2.04. The Balaban J connectivity index is 3.02. The second-order valence-electron chi connectivity index (χ2n) is 2.24. The first-order valence-corrected chi connectivity index (χ1v) is 3.37. The summed E-state index contributed by atoms with van der Waals surface area (Å²) in [5.41, 5.74) is 0.928. The Bertz CT molecular complexity index is 234. The van der Waals surface area contributed by atoms with Gasteiger partial charge in [-0.2, -0.15) is 0 Å². The maximum absolute atomic E-state index is 5.52. The zero-order valence-electron chi connectivity index (χ0n) is 6.70. The van der Waals surface area contributed by atoms with Crippen LogP contribution in [0.3, 0.4) is 0 Å². The zero-order chi connectivity index (χ0) is 8.27. The van der Waals surface area contributed by atoms with Crippen molar-refractivity contribution < 1.29 is 0 Å². The normalized spacial score (nSPS) is 9.36. The van der Waals surface area contributed by atoms with Gasteiger partial charge in [0.1, 0.15) is 0 Å². The first kappa shape index (κ1) is 7.81. The third-order valence-electron chi connectivity index (χ3n) is 1.39. The van der Waals surface area contributed by atoms with E-state index in [9.17, 15) is 0 Å². The van der Waals surface area contributed by atoms with Crippen LogP contribution in [0.15, 0.2) is 18.3 Å². The highest BCUT2D eigenvalue weighted by Crippen LogP contribution is 2.17. The molecule has 11 heavy (non-hydrogen) atoms. The van der Waals surface area contributed by atoms with Gasteiger partial charge in [0, 0.05) is 20.3 Å². The fourth-order valence-electron chi connectivity index (χ4n) is 0.873.